The maximum absolute atomic E-state index is 12.8. The number of hydrogen-bond acceptors (Lipinski definition) is 4. The number of halogens is 4. The Hall–Kier alpha value is -1.81. The molecule has 1 aliphatic rings. The van der Waals surface area contributed by atoms with Gasteiger partial charge in [0.15, 0.2) is 9.84 Å². The Labute approximate surface area is 153 Å². The molecule has 2 amide bonds. The van der Waals surface area contributed by atoms with Gasteiger partial charge in [0.2, 0.25) is 11.8 Å². The number of nitrogens with zero attached hydrogens (tertiary/aromatic N) is 1. The first-order chi connectivity index (χ1) is 11.9. The van der Waals surface area contributed by atoms with E-state index in [1.807, 2.05) is 0 Å². The molecule has 0 aromatic heterocycles. The van der Waals surface area contributed by atoms with E-state index in [-0.39, 0.29) is 23.6 Å². The van der Waals surface area contributed by atoms with Crippen LogP contribution in [0.4, 0.5) is 18.9 Å². The highest BCUT2D eigenvalue weighted by molar-refractivity contribution is 7.91. The normalized spacial score (nSPS) is 19.2. The van der Waals surface area contributed by atoms with Gasteiger partial charge in [-0.15, -0.1) is 0 Å². The number of carbonyl (C=O) groups is 2. The van der Waals surface area contributed by atoms with Crippen LogP contribution in [0.1, 0.15) is 12.0 Å². The van der Waals surface area contributed by atoms with Gasteiger partial charge in [-0.1, -0.05) is 11.6 Å². The lowest BCUT2D eigenvalue weighted by atomic mass is 10.1. The van der Waals surface area contributed by atoms with E-state index in [0.29, 0.717) is 6.07 Å². The summed E-state index contributed by atoms with van der Waals surface area (Å²) in [7, 11) is -1.91. The van der Waals surface area contributed by atoms with E-state index in [0.717, 1.165) is 11.0 Å². The molecule has 0 radical (unpaired) electrons. The first-order valence-electron chi connectivity index (χ1n) is 7.51. The molecule has 0 spiro atoms. The third kappa shape index (κ3) is 5.10. The molecular formula is C15H16ClF3N2O4S. The second kappa shape index (κ2) is 7.43. The average molecular weight is 413 g/mol. The van der Waals surface area contributed by atoms with E-state index in [9.17, 15) is 31.2 Å². The number of carbonyl (C=O) groups excluding carboxylic acids is 2. The van der Waals surface area contributed by atoms with Crippen molar-refractivity contribution in [3.63, 3.8) is 0 Å². The van der Waals surface area contributed by atoms with Gasteiger partial charge in [0.25, 0.3) is 0 Å². The third-order valence-electron chi connectivity index (χ3n) is 3.89. The van der Waals surface area contributed by atoms with Crippen LogP contribution in [0.25, 0.3) is 0 Å². The quantitative estimate of drug-likeness (QED) is 0.821. The van der Waals surface area contributed by atoms with Crippen LogP contribution in [0.5, 0.6) is 0 Å². The van der Waals surface area contributed by atoms with Gasteiger partial charge in [0.05, 0.1) is 34.6 Å². The summed E-state index contributed by atoms with van der Waals surface area (Å²) in [5, 5.41) is 1.77. The van der Waals surface area contributed by atoms with Gasteiger partial charge >= 0.3 is 6.18 Å². The molecule has 0 saturated carbocycles. The van der Waals surface area contributed by atoms with E-state index < -0.39 is 50.9 Å². The SMILES string of the molecule is CN(CC(=O)Nc1ccc(Cl)c(C(F)(F)F)c1)C(=O)C1CCS(=O)(=O)C1. The predicted molar refractivity (Wildman–Crippen MR) is 89.5 cm³/mol. The molecule has 11 heteroatoms. The van der Waals surface area contributed by atoms with Crippen LogP contribution in [0, 0.1) is 5.92 Å². The molecule has 1 fully saturated rings. The average Bonchev–Trinajstić information content (AvgIpc) is 2.87. The van der Waals surface area contributed by atoms with Crippen LogP contribution < -0.4 is 5.32 Å². The molecular weight excluding hydrogens is 397 g/mol. The molecule has 1 N–H and O–H groups in total. The zero-order valence-corrected chi connectivity index (χ0v) is 15.2. The fraction of sp³-hybridized carbons (Fsp3) is 0.467. The van der Waals surface area contributed by atoms with Crippen molar-refractivity contribution in [1.29, 1.82) is 0 Å². The molecule has 1 aliphatic heterocycles. The highest BCUT2D eigenvalue weighted by atomic mass is 35.5. The summed E-state index contributed by atoms with van der Waals surface area (Å²) in [6.45, 7) is -0.417. The summed E-state index contributed by atoms with van der Waals surface area (Å²) < 4.78 is 61.3. The van der Waals surface area contributed by atoms with Crippen LogP contribution in [0.15, 0.2) is 18.2 Å². The number of anilines is 1. The number of nitrogens with one attached hydrogen (secondary N) is 1. The van der Waals surface area contributed by atoms with Crippen LogP contribution in [-0.4, -0.2) is 50.2 Å². The van der Waals surface area contributed by atoms with Gasteiger partial charge in [-0.05, 0) is 24.6 Å². The molecule has 1 atom stereocenters. The molecule has 1 aromatic rings. The maximum atomic E-state index is 12.8. The van der Waals surface area contributed by atoms with E-state index in [1.165, 1.54) is 13.1 Å². The number of rotatable bonds is 4. The highest BCUT2D eigenvalue weighted by Gasteiger charge is 2.35. The summed E-state index contributed by atoms with van der Waals surface area (Å²) in [5.74, 6) is -2.24. The number of sulfone groups is 1. The highest BCUT2D eigenvalue weighted by Crippen LogP contribution is 2.36. The van der Waals surface area contributed by atoms with Crippen molar-refractivity contribution in [3.05, 3.63) is 28.8 Å². The Balaban J connectivity index is 1.99. The number of hydrogen-bond donors (Lipinski definition) is 1. The number of amides is 2. The molecule has 1 heterocycles. The van der Waals surface area contributed by atoms with Gasteiger partial charge in [-0.3, -0.25) is 9.59 Å². The van der Waals surface area contributed by atoms with Gasteiger partial charge in [0, 0.05) is 12.7 Å². The molecule has 1 saturated heterocycles. The molecule has 0 bridgehead atoms. The zero-order valence-electron chi connectivity index (χ0n) is 13.6. The monoisotopic (exact) mass is 412 g/mol. The van der Waals surface area contributed by atoms with Gasteiger partial charge in [-0.25, -0.2) is 8.42 Å². The molecule has 1 aromatic carbocycles. The van der Waals surface area contributed by atoms with E-state index in [1.54, 1.807) is 0 Å². The van der Waals surface area contributed by atoms with Crippen LogP contribution >= 0.6 is 11.6 Å². The minimum atomic E-state index is -4.67. The predicted octanol–water partition coefficient (Wildman–Crippen LogP) is 2.19. The maximum Gasteiger partial charge on any atom is 0.417 e. The van der Waals surface area contributed by atoms with E-state index >= 15 is 0 Å². The van der Waals surface area contributed by atoms with Crippen LogP contribution in [0.2, 0.25) is 5.02 Å². The topological polar surface area (TPSA) is 83.6 Å². The Morgan fingerprint density at radius 1 is 1.35 bits per heavy atom. The Morgan fingerprint density at radius 2 is 2.00 bits per heavy atom. The zero-order chi connectivity index (χ0) is 19.7. The van der Waals surface area contributed by atoms with Gasteiger partial charge in [0.1, 0.15) is 0 Å². The van der Waals surface area contributed by atoms with Crippen molar-refractivity contribution in [2.75, 3.05) is 30.4 Å². The molecule has 1 unspecified atom stereocenters. The van der Waals surface area contributed by atoms with Crippen LogP contribution in [0.3, 0.4) is 0 Å². The lowest BCUT2D eigenvalue weighted by Gasteiger charge is -2.20. The fourth-order valence-electron chi connectivity index (χ4n) is 2.62. The van der Waals surface area contributed by atoms with E-state index in [2.05, 4.69) is 5.32 Å². The summed E-state index contributed by atoms with van der Waals surface area (Å²) in [5.41, 5.74) is -1.20. The fourth-order valence-corrected chi connectivity index (χ4v) is 4.57. The summed E-state index contributed by atoms with van der Waals surface area (Å²) in [6.07, 6.45) is -4.47. The largest absolute Gasteiger partial charge is 0.417 e. The van der Waals surface area contributed by atoms with Crippen molar-refractivity contribution in [2.24, 2.45) is 5.92 Å². The second-order valence-corrected chi connectivity index (χ2v) is 8.67. The van der Waals surface area contributed by atoms with Crippen molar-refractivity contribution < 1.29 is 31.2 Å². The minimum absolute atomic E-state index is 0.0750. The standard InChI is InChI=1S/C15H16ClF3N2O4S/c1-21(14(23)9-4-5-26(24,25)8-9)7-13(22)20-10-2-3-12(16)11(6-10)15(17,18)19/h2-3,6,9H,4-5,7-8H2,1H3,(H,20,22). The summed E-state index contributed by atoms with van der Waals surface area (Å²) in [6, 6.07) is 2.92. The van der Waals surface area contributed by atoms with Crippen molar-refractivity contribution in [3.8, 4) is 0 Å². The first-order valence-corrected chi connectivity index (χ1v) is 9.71. The van der Waals surface area contributed by atoms with E-state index in [4.69, 9.17) is 11.6 Å². The Morgan fingerprint density at radius 3 is 2.54 bits per heavy atom. The van der Waals surface area contributed by atoms with Crippen molar-refractivity contribution in [2.45, 2.75) is 12.6 Å². The number of alkyl halides is 3. The van der Waals surface area contributed by atoms with Gasteiger partial charge in [-0.2, -0.15) is 13.2 Å². The van der Waals surface area contributed by atoms with Gasteiger partial charge < -0.3 is 10.2 Å². The molecule has 26 heavy (non-hydrogen) atoms. The van der Waals surface area contributed by atoms with Crippen molar-refractivity contribution >= 4 is 38.9 Å². The lowest BCUT2D eigenvalue weighted by Crippen LogP contribution is -2.39. The Bertz CT molecular complexity index is 827. The summed E-state index contributed by atoms with van der Waals surface area (Å²) >= 11 is 5.50. The number of likely N-dealkylation sites (N-methyl/N-ethyl adjacent to an activating group) is 1. The summed E-state index contributed by atoms with van der Waals surface area (Å²) in [4.78, 5) is 25.2. The third-order valence-corrected chi connectivity index (χ3v) is 5.99. The minimum Gasteiger partial charge on any atom is -0.336 e. The Kier molecular flexibility index (Phi) is 5.86. The van der Waals surface area contributed by atoms with Crippen LogP contribution in [-0.2, 0) is 25.6 Å². The number of benzene rings is 1. The lowest BCUT2D eigenvalue weighted by molar-refractivity contribution is -0.137. The molecule has 144 valence electrons. The molecule has 6 nitrogen and oxygen atoms in total. The molecule has 2 rings (SSSR count). The smallest absolute Gasteiger partial charge is 0.336 e. The second-order valence-electron chi connectivity index (χ2n) is 6.03. The molecule has 0 aliphatic carbocycles. The van der Waals surface area contributed by atoms with Crippen molar-refractivity contribution in [1.82, 2.24) is 4.90 Å². The first kappa shape index (κ1) is 20.5.